The van der Waals surface area contributed by atoms with E-state index >= 15 is 0 Å². The maximum atomic E-state index is 13.2. The van der Waals surface area contributed by atoms with Crippen LogP contribution in [0.1, 0.15) is 62.8 Å². The van der Waals surface area contributed by atoms with Crippen LogP contribution in [0.2, 0.25) is 5.02 Å². The summed E-state index contributed by atoms with van der Waals surface area (Å²) in [5, 5.41) is 9.33. The SMILES string of the molecule is CCn1nccc1C(C)NC(=O)C(C)n1nc(C(F)F)c(Cl)c1C(F)F. The van der Waals surface area contributed by atoms with Crippen molar-refractivity contribution in [3.8, 4) is 0 Å². The Labute approximate surface area is 152 Å². The van der Waals surface area contributed by atoms with Gasteiger partial charge in [0.05, 0.1) is 16.8 Å². The molecule has 1 N–H and O–H groups in total. The highest BCUT2D eigenvalue weighted by molar-refractivity contribution is 6.32. The number of hydrogen-bond acceptors (Lipinski definition) is 3. The second kappa shape index (κ2) is 8.07. The molecule has 11 heteroatoms. The van der Waals surface area contributed by atoms with Gasteiger partial charge in [0, 0.05) is 12.7 Å². The molecule has 2 unspecified atom stereocenters. The number of carbonyl (C=O) groups excluding carboxylic acids is 1. The predicted octanol–water partition coefficient (Wildman–Crippen LogP) is 4.07. The summed E-state index contributed by atoms with van der Waals surface area (Å²) in [5.74, 6) is -0.664. The Kier molecular flexibility index (Phi) is 6.27. The number of alkyl halides is 4. The Morgan fingerprint density at radius 2 is 1.92 bits per heavy atom. The quantitative estimate of drug-likeness (QED) is 0.719. The first-order valence-electron chi connectivity index (χ1n) is 7.85. The molecule has 26 heavy (non-hydrogen) atoms. The van der Waals surface area contributed by atoms with E-state index in [1.165, 1.54) is 6.92 Å². The third-order valence-corrected chi connectivity index (χ3v) is 4.31. The minimum absolute atomic E-state index is 0.469. The average Bonchev–Trinajstić information content (AvgIpc) is 3.17. The first-order chi connectivity index (χ1) is 12.2. The van der Waals surface area contributed by atoms with Crippen LogP contribution in [-0.4, -0.2) is 25.5 Å². The lowest BCUT2D eigenvalue weighted by atomic mass is 10.2. The summed E-state index contributed by atoms with van der Waals surface area (Å²) in [6.45, 7) is 5.44. The standard InChI is InChI=1S/C15H18ClF4N5O/c1-4-24-9(5-6-21-24)7(2)22-15(26)8(3)25-12(14(19)20)10(16)11(23-25)13(17)18/h5-8,13-14H,4H2,1-3H3,(H,22,26). The van der Waals surface area contributed by atoms with Gasteiger partial charge in [-0.05, 0) is 26.8 Å². The van der Waals surface area contributed by atoms with E-state index in [9.17, 15) is 22.4 Å². The molecule has 6 nitrogen and oxygen atoms in total. The molecule has 0 radical (unpaired) electrons. The number of nitrogens with zero attached hydrogens (tertiary/aromatic N) is 4. The van der Waals surface area contributed by atoms with Crippen molar-refractivity contribution in [1.82, 2.24) is 24.9 Å². The molecule has 2 aromatic heterocycles. The van der Waals surface area contributed by atoms with Crippen molar-refractivity contribution in [3.05, 3.63) is 34.4 Å². The van der Waals surface area contributed by atoms with Crippen molar-refractivity contribution < 1.29 is 22.4 Å². The van der Waals surface area contributed by atoms with Crippen LogP contribution in [0.15, 0.2) is 12.3 Å². The molecule has 1 amide bonds. The van der Waals surface area contributed by atoms with E-state index in [0.29, 0.717) is 16.9 Å². The third-order valence-electron chi connectivity index (χ3n) is 3.92. The van der Waals surface area contributed by atoms with E-state index in [1.54, 1.807) is 23.9 Å². The van der Waals surface area contributed by atoms with E-state index in [2.05, 4.69) is 15.5 Å². The molecule has 2 rings (SSSR count). The zero-order chi connectivity index (χ0) is 19.6. The van der Waals surface area contributed by atoms with Crippen LogP contribution in [0.25, 0.3) is 0 Å². The topological polar surface area (TPSA) is 64.7 Å². The second-order valence-corrected chi connectivity index (χ2v) is 5.99. The van der Waals surface area contributed by atoms with Gasteiger partial charge in [-0.2, -0.15) is 10.2 Å². The van der Waals surface area contributed by atoms with Crippen molar-refractivity contribution in [2.24, 2.45) is 0 Å². The number of aromatic nitrogens is 4. The molecule has 0 aliphatic heterocycles. The largest absolute Gasteiger partial charge is 0.346 e. The molecule has 2 heterocycles. The highest BCUT2D eigenvalue weighted by atomic mass is 35.5. The summed E-state index contributed by atoms with van der Waals surface area (Å²) >= 11 is 5.61. The van der Waals surface area contributed by atoms with E-state index in [4.69, 9.17) is 11.6 Å². The molecule has 0 saturated carbocycles. The van der Waals surface area contributed by atoms with E-state index in [1.807, 2.05) is 6.92 Å². The van der Waals surface area contributed by atoms with Gasteiger partial charge in [-0.1, -0.05) is 11.6 Å². The maximum absolute atomic E-state index is 13.2. The summed E-state index contributed by atoms with van der Waals surface area (Å²) in [5.41, 5.74) is -1.16. The Balaban J connectivity index is 2.26. The average molecular weight is 396 g/mol. The summed E-state index contributed by atoms with van der Waals surface area (Å²) < 4.78 is 54.5. The van der Waals surface area contributed by atoms with Crippen molar-refractivity contribution in [2.75, 3.05) is 0 Å². The van der Waals surface area contributed by atoms with Crippen molar-refractivity contribution >= 4 is 17.5 Å². The summed E-state index contributed by atoms with van der Waals surface area (Å²) in [4.78, 5) is 12.4. The smallest absolute Gasteiger partial charge is 0.283 e. The first-order valence-corrected chi connectivity index (χ1v) is 8.22. The number of rotatable bonds is 7. The minimum atomic E-state index is -3.16. The molecular formula is C15H18ClF4N5O. The number of nitrogens with one attached hydrogen (secondary N) is 1. The normalized spacial score (nSPS) is 14.1. The Morgan fingerprint density at radius 3 is 2.46 bits per heavy atom. The van der Waals surface area contributed by atoms with Crippen molar-refractivity contribution in [2.45, 2.75) is 52.3 Å². The fourth-order valence-electron chi connectivity index (χ4n) is 2.57. The van der Waals surface area contributed by atoms with Crippen LogP contribution in [-0.2, 0) is 11.3 Å². The number of hydrogen-bond donors (Lipinski definition) is 1. The van der Waals surface area contributed by atoms with Crippen LogP contribution in [0, 0.1) is 0 Å². The molecule has 0 spiro atoms. The summed E-state index contributed by atoms with van der Waals surface area (Å²) in [6.07, 6.45) is -4.71. The lowest BCUT2D eigenvalue weighted by molar-refractivity contribution is -0.125. The van der Waals surface area contributed by atoms with Gasteiger partial charge in [-0.25, -0.2) is 22.2 Å². The Hall–Kier alpha value is -2.10. The minimum Gasteiger partial charge on any atom is -0.346 e. The van der Waals surface area contributed by atoms with Gasteiger partial charge >= 0.3 is 0 Å². The van der Waals surface area contributed by atoms with Gasteiger partial charge in [-0.15, -0.1) is 0 Å². The molecule has 0 aliphatic rings. The van der Waals surface area contributed by atoms with Crippen LogP contribution >= 0.6 is 11.6 Å². The molecule has 0 aliphatic carbocycles. The fourth-order valence-corrected chi connectivity index (χ4v) is 2.86. The number of halogens is 5. The predicted molar refractivity (Wildman–Crippen MR) is 86.3 cm³/mol. The number of aryl methyl sites for hydroxylation is 1. The van der Waals surface area contributed by atoms with Crippen LogP contribution < -0.4 is 5.32 Å². The number of carbonyl (C=O) groups is 1. The lowest BCUT2D eigenvalue weighted by Crippen LogP contribution is -2.35. The van der Waals surface area contributed by atoms with E-state index in [0.717, 1.165) is 0 Å². The summed E-state index contributed by atoms with van der Waals surface area (Å²) in [6, 6.07) is -0.0175. The molecule has 2 atom stereocenters. The Morgan fingerprint density at radius 1 is 1.27 bits per heavy atom. The molecule has 0 saturated heterocycles. The fraction of sp³-hybridized carbons (Fsp3) is 0.533. The van der Waals surface area contributed by atoms with E-state index < -0.39 is 47.3 Å². The third kappa shape index (κ3) is 3.84. The lowest BCUT2D eigenvalue weighted by Gasteiger charge is -2.20. The molecule has 0 bridgehead atoms. The van der Waals surface area contributed by atoms with Gasteiger partial charge in [-0.3, -0.25) is 9.48 Å². The van der Waals surface area contributed by atoms with Gasteiger partial charge in [0.1, 0.15) is 17.4 Å². The molecule has 144 valence electrons. The van der Waals surface area contributed by atoms with Crippen molar-refractivity contribution in [1.29, 1.82) is 0 Å². The van der Waals surface area contributed by atoms with Crippen molar-refractivity contribution in [3.63, 3.8) is 0 Å². The van der Waals surface area contributed by atoms with Gasteiger partial charge < -0.3 is 5.32 Å². The molecule has 0 aromatic carbocycles. The monoisotopic (exact) mass is 395 g/mol. The van der Waals surface area contributed by atoms with Gasteiger partial charge in [0.25, 0.3) is 12.9 Å². The molecular weight excluding hydrogens is 378 g/mol. The summed E-state index contributed by atoms with van der Waals surface area (Å²) in [7, 11) is 0. The van der Waals surface area contributed by atoms with Crippen LogP contribution in [0.4, 0.5) is 17.6 Å². The van der Waals surface area contributed by atoms with Gasteiger partial charge in [0.15, 0.2) is 0 Å². The maximum Gasteiger partial charge on any atom is 0.283 e. The van der Waals surface area contributed by atoms with Gasteiger partial charge in [0.2, 0.25) is 5.91 Å². The Bertz CT molecular complexity index is 776. The first kappa shape index (κ1) is 20.2. The molecule has 0 fully saturated rings. The zero-order valence-electron chi connectivity index (χ0n) is 14.3. The highest BCUT2D eigenvalue weighted by Crippen LogP contribution is 2.36. The zero-order valence-corrected chi connectivity index (χ0v) is 15.0. The number of amides is 1. The second-order valence-electron chi connectivity index (χ2n) is 5.61. The molecule has 2 aromatic rings. The van der Waals surface area contributed by atoms with Crippen LogP contribution in [0.5, 0.6) is 0 Å². The van der Waals surface area contributed by atoms with Crippen LogP contribution in [0.3, 0.4) is 0 Å². The highest BCUT2D eigenvalue weighted by Gasteiger charge is 2.32. The van der Waals surface area contributed by atoms with E-state index in [-0.39, 0.29) is 0 Å².